The van der Waals surface area contributed by atoms with Gasteiger partial charge in [-0.15, -0.1) is 11.3 Å². The highest BCUT2D eigenvalue weighted by molar-refractivity contribution is 7.10. The Balaban J connectivity index is 1.74. The second kappa shape index (κ2) is 4.93. The Hall–Kier alpha value is -2.01. The molecule has 2 aromatic rings. The molecule has 5 heteroatoms. The minimum atomic E-state index is -0.112. The van der Waals surface area contributed by atoms with Crippen LogP contribution < -0.4 is 14.8 Å². The summed E-state index contributed by atoms with van der Waals surface area (Å²) in [4.78, 5) is 13.3. The first kappa shape index (κ1) is 12.0. The first-order valence-corrected chi connectivity index (χ1v) is 6.86. The summed E-state index contributed by atoms with van der Waals surface area (Å²) in [6.45, 7) is 2.18. The number of hydrogen-bond acceptors (Lipinski definition) is 4. The molecule has 4 nitrogen and oxygen atoms in total. The largest absolute Gasteiger partial charge is 0.454 e. The van der Waals surface area contributed by atoms with Crippen LogP contribution in [0.25, 0.3) is 0 Å². The van der Waals surface area contributed by atoms with Crippen LogP contribution in [-0.2, 0) is 0 Å². The Labute approximate surface area is 115 Å². The molecule has 1 aromatic heterocycles. The average molecular weight is 275 g/mol. The number of fused-ring (bicyclic) bond motifs is 1. The molecule has 0 aliphatic carbocycles. The van der Waals surface area contributed by atoms with Gasteiger partial charge in [-0.05, 0) is 36.6 Å². The van der Waals surface area contributed by atoms with Crippen LogP contribution in [-0.4, -0.2) is 12.7 Å². The van der Waals surface area contributed by atoms with Crippen molar-refractivity contribution in [3.63, 3.8) is 0 Å². The fourth-order valence-electron chi connectivity index (χ4n) is 1.93. The van der Waals surface area contributed by atoms with Gasteiger partial charge in [-0.25, -0.2) is 0 Å². The van der Waals surface area contributed by atoms with Crippen LogP contribution in [0.3, 0.4) is 0 Å². The molecule has 0 radical (unpaired) electrons. The van der Waals surface area contributed by atoms with Gasteiger partial charge in [-0.2, -0.15) is 0 Å². The predicted octanol–water partition coefficient (Wildman–Crippen LogP) is 2.97. The summed E-state index contributed by atoms with van der Waals surface area (Å²) in [6, 6.07) is 9.19. The highest BCUT2D eigenvalue weighted by Crippen LogP contribution is 2.32. The summed E-state index contributed by atoms with van der Waals surface area (Å²) in [7, 11) is 0. The minimum Gasteiger partial charge on any atom is -0.454 e. The number of hydrogen-bond donors (Lipinski definition) is 1. The molecule has 1 N–H and O–H groups in total. The predicted molar refractivity (Wildman–Crippen MR) is 72.8 cm³/mol. The lowest BCUT2D eigenvalue weighted by Crippen LogP contribution is -2.26. The highest BCUT2D eigenvalue weighted by atomic mass is 32.1. The van der Waals surface area contributed by atoms with Crippen molar-refractivity contribution in [3.8, 4) is 11.5 Å². The van der Waals surface area contributed by atoms with Crippen molar-refractivity contribution in [3.05, 3.63) is 46.2 Å². The number of thiophene rings is 1. The second-order valence-electron chi connectivity index (χ2n) is 4.28. The molecule has 0 unspecified atom stereocenters. The normalized spacial score (nSPS) is 14.2. The first-order valence-electron chi connectivity index (χ1n) is 5.98. The number of nitrogens with one attached hydrogen (secondary N) is 1. The Kier molecular flexibility index (Phi) is 3.13. The Morgan fingerprint density at radius 3 is 2.95 bits per heavy atom. The molecule has 0 fully saturated rings. The van der Waals surface area contributed by atoms with Crippen molar-refractivity contribution in [2.24, 2.45) is 0 Å². The third-order valence-electron chi connectivity index (χ3n) is 2.95. The van der Waals surface area contributed by atoms with Gasteiger partial charge in [0.2, 0.25) is 6.79 Å². The molecule has 98 valence electrons. The Morgan fingerprint density at radius 2 is 2.16 bits per heavy atom. The number of rotatable bonds is 3. The lowest BCUT2D eigenvalue weighted by molar-refractivity contribution is 0.0940. The molecule has 1 aliphatic heterocycles. The number of benzene rings is 1. The van der Waals surface area contributed by atoms with Gasteiger partial charge in [0.15, 0.2) is 11.5 Å². The molecule has 1 aromatic carbocycles. The molecular weight excluding hydrogens is 262 g/mol. The van der Waals surface area contributed by atoms with Gasteiger partial charge in [0.05, 0.1) is 6.04 Å². The first-order chi connectivity index (χ1) is 9.24. The minimum absolute atomic E-state index is 0.00192. The van der Waals surface area contributed by atoms with E-state index in [2.05, 4.69) is 5.32 Å². The molecule has 3 rings (SSSR count). The molecule has 0 saturated carbocycles. The van der Waals surface area contributed by atoms with Crippen LogP contribution in [0, 0.1) is 0 Å². The Morgan fingerprint density at radius 1 is 1.32 bits per heavy atom. The summed E-state index contributed by atoms with van der Waals surface area (Å²) in [5.41, 5.74) is 0.577. The smallest absolute Gasteiger partial charge is 0.251 e. The van der Waals surface area contributed by atoms with Gasteiger partial charge in [0, 0.05) is 10.4 Å². The summed E-state index contributed by atoms with van der Waals surface area (Å²) in [6.07, 6.45) is 0. The van der Waals surface area contributed by atoms with Crippen LogP contribution in [0.4, 0.5) is 0 Å². The van der Waals surface area contributed by atoms with Gasteiger partial charge in [-0.1, -0.05) is 6.07 Å². The molecule has 0 bridgehead atoms. The van der Waals surface area contributed by atoms with Crippen molar-refractivity contribution < 1.29 is 14.3 Å². The van der Waals surface area contributed by atoms with E-state index in [9.17, 15) is 4.79 Å². The quantitative estimate of drug-likeness (QED) is 0.936. The summed E-state index contributed by atoms with van der Waals surface area (Å²) < 4.78 is 10.5. The molecular formula is C14H13NO3S. The van der Waals surface area contributed by atoms with Crippen molar-refractivity contribution in [1.29, 1.82) is 0 Å². The Bertz CT molecular complexity index is 595. The summed E-state index contributed by atoms with van der Waals surface area (Å²) in [5.74, 6) is 1.19. The van der Waals surface area contributed by atoms with Gasteiger partial charge in [0.1, 0.15) is 0 Å². The number of amides is 1. The van der Waals surface area contributed by atoms with Crippen LogP contribution >= 0.6 is 11.3 Å². The van der Waals surface area contributed by atoms with Crippen molar-refractivity contribution >= 4 is 17.2 Å². The number of ether oxygens (including phenoxy) is 2. The fourth-order valence-corrected chi connectivity index (χ4v) is 2.66. The molecule has 1 atom stereocenters. The maximum Gasteiger partial charge on any atom is 0.251 e. The van der Waals surface area contributed by atoms with E-state index in [0.29, 0.717) is 17.1 Å². The SMILES string of the molecule is C[C@H](NC(=O)c1ccc2c(c1)OCO2)c1cccs1. The van der Waals surface area contributed by atoms with E-state index in [1.807, 2.05) is 24.4 Å². The van der Waals surface area contributed by atoms with E-state index in [-0.39, 0.29) is 18.7 Å². The molecule has 0 spiro atoms. The number of carbonyl (C=O) groups excluding carboxylic acids is 1. The zero-order valence-corrected chi connectivity index (χ0v) is 11.2. The maximum atomic E-state index is 12.1. The number of carbonyl (C=O) groups is 1. The van der Waals surface area contributed by atoms with Gasteiger partial charge in [0.25, 0.3) is 5.91 Å². The topological polar surface area (TPSA) is 47.6 Å². The standard InChI is InChI=1S/C14H13NO3S/c1-9(13-3-2-6-19-13)15-14(16)10-4-5-11-12(7-10)18-8-17-11/h2-7,9H,8H2,1H3,(H,15,16)/t9-/m0/s1. The van der Waals surface area contributed by atoms with Gasteiger partial charge < -0.3 is 14.8 Å². The third kappa shape index (κ3) is 2.42. The maximum absolute atomic E-state index is 12.1. The molecule has 2 heterocycles. The lowest BCUT2D eigenvalue weighted by atomic mass is 10.1. The van der Waals surface area contributed by atoms with E-state index < -0.39 is 0 Å². The summed E-state index contributed by atoms with van der Waals surface area (Å²) in [5, 5.41) is 4.96. The van der Waals surface area contributed by atoms with Gasteiger partial charge in [-0.3, -0.25) is 4.79 Å². The molecule has 1 amide bonds. The molecule has 1 aliphatic rings. The van der Waals surface area contributed by atoms with E-state index >= 15 is 0 Å². The van der Waals surface area contributed by atoms with E-state index in [4.69, 9.17) is 9.47 Å². The fraction of sp³-hybridized carbons (Fsp3) is 0.214. The van der Waals surface area contributed by atoms with E-state index in [1.54, 1.807) is 29.5 Å². The lowest BCUT2D eigenvalue weighted by Gasteiger charge is -2.12. The zero-order valence-electron chi connectivity index (χ0n) is 10.4. The third-order valence-corrected chi connectivity index (χ3v) is 4.01. The van der Waals surface area contributed by atoms with Crippen LogP contribution in [0.2, 0.25) is 0 Å². The van der Waals surface area contributed by atoms with Crippen LogP contribution in [0.5, 0.6) is 11.5 Å². The van der Waals surface area contributed by atoms with Crippen molar-refractivity contribution in [2.45, 2.75) is 13.0 Å². The van der Waals surface area contributed by atoms with Crippen molar-refractivity contribution in [2.75, 3.05) is 6.79 Å². The second-order valence-corrected chi connectivity index (χ2v) is 5.26. The average Bonchev–Trinajstić information content (AvgIpc) is 3.09. The molecule has 0 saturated heterocycles. The zero-order chi connectivity index (χ0) is 13.2. The van der Waals surface area contributed by atoms with Crippen LogP contribution in [0.15, 0.2) is 35.7 Å². The monoisotopic (exact) mass is 275 g/mol. The van der Waals surface area contributed by atoms with Crippen LogP contribution in [0.1, 0.15) is 28.2 Å². The highest BCUT2D eigenvalue weighted by Gasteiger charge is 2.17. The van der Waals surface area contributed by atoms with E-state index in [0.717, 1.165) is 4.88 Å². The van der Waals surface area contributed by atoms with Gasteiger partial charge >= 0.3 is 0 Å². The summed E-state index contributed by atoms with van der Waals surface area (Å²) >= 11 is 1.63. The van der Waals surface area contributed by atoms with E-state index in [1.165, 1.54) is 0 Å². The van der Waals surface area contributed by atoms with Crippen molar-refractivity contribution in [1.82, 2.24) is 5.32 Å². The molecule has 19 heavy (non-hydrogen) atoms.